The summed E-state index contributed by atoms with van der Waals surface area (Å²) in [5.41, 5.74) is -3.88. The maximum atomic E-state index is 15.2. The Hall–Kier alpha value is -3.36. The minimum Gasteiger partial charge on any atom is -0.459 e. The summed E-state index contributed by atoms with van der Waals surface area (Å²) in [6, 6.07) is 3.43. The topological polar surface area (TPSA) is 251 Å². The normalized spacial score (nSPS) is 40.8. The fraction of sp³-hybridized carbons (Fsp3) is 0.833. The molecule has 5 aliphatic rings. The summed E-state index contributed by atoms with van der Waals surface area (Å²) in [5.74, 6) is -3.76. The number of nitrogens with one attached hydrogen (secondary N) is 1. The van der Waals surface area contributed by atoms with E-state index in [1.165, 1.54) is 25.0 Å². The maximum absolute atomic E-state index is 15.2. The van der Waals surface area contributed by atoms with Gasteiger partial charge in [-0.15, -0.1) is 0 Å². The van der Waals surface area contributed by atoms with Gasteiger partial charge < -0.3 is 83.4 Å². The first kappa shape index (κ1) is 61.8. The van der Waals surface area contributed by atoms with E-state index in [4.69, 9.17) is 37.9 Å². The molecule has 0 aromatic heterocycles. The number of hydrogen-bond acceptors (Lipinski definition) is 19. The second-order valence-electron chi connectivity index (χ2n) is 23.1. The number of carbonyl (C=O) groups excluding carboxylic acids is 3. The molecule has 5 heterocycles. The third kappa shape index (κ3) is 14.3. The van der Waals surface area contributed by atoms with E-state index in [1.54, 1.807) is 67.6 Å². The van der Waals surface area contributed by atoms with Crippen molar-refractivity contribution in [1.29, 1.82) is 0 Å². The molecule has 5 aliphatic heterocycles. The highest BCUT2D eigenvalue weighted by molar-refractivity contribution is 5.90. The number of carbonyl (C=O) groups is 3. The third-order valence-corrected chi connectivity index (χ3v) is 16.8. The number of esters is 1. The summed E-state index contributed by atoms with van der Waals surface area (Å²) in [6.07, 6.45) is -11.2. The van der Waals surface area contributed by atoms with Crippen molar-refractivity contribution in [2.24, 2.45) is 17.8 Å². The van der Waals surface area contributed by atoms with Crippen LogP contribution in [0.5, 0.6) is 0 Å². The fourth-order valence-corrected chi connectivity index (χ4v) is 12.0. The Morgan fingerprint density at radius 1 is 0.947 bits per heavy atom. The van der Waals surface area contributed by atoms with Crippen LogP contribution in [0.3, 0.4) is 0 Å². The smallest absolute Gasteiger partial charge is 0.414 e. The maximum Gasteiger partial charge on any atom is 0.414 e. The van der Waals surface area contributed by atoms with Gasteiger partial charge in [0.2, 0.25) is 5.91 Å². The van der Waals surface area contributed by atoms with E-state index in [1.807, 2.05) is 35.6 Å². The van der Waals surface area contributed by atoms with Crippen molar-refractivity contribution in [3.8, 4) is 0 Å². The summed E-state index contributed by atoms with van der Waals surface area (Å²) in [6.45, 7) is 20.1. The van der Waals surface area contributed by atoms with Crippen LogP contribution >= 0.6 is 0 Å². The van der Waals surface area contributed by atoms with Gasteiger partial charge in [-0.2, -0.15) is 0 Å². The van der Waals surface area contributed by atoms with Gasteiger partial charge in [-0.25, -0.2) is 9.18 Å². The summed E-state index contributed by atoms with van der Waals surface area (Å²) in [4.78, 5) is 47.7. The molecule has 1 aromatic rings. The Morgan fingerprint density at radius 2 is 1.63 bits per heavy atom. The zero-order valence-corrected chi connectivity index (χ0v) is 47.1. The summed E-state index contributed by atoms with van der Waals surface area (Å²) >= 11 is 0. The van der Waals surface area contributed by atoms with Crippen molar-refractivity contribution >= 4 is 29.3 Å². The van der Waals surface area contributed by atoms with E-state index < -0.39 is 126 Å². The van der Waals surface area contributed by atoms with Gasteiger partial charge in [0.25, 0.3) is 0 Å². The van der Waals surface area contributed by atoms with E-state index in [-0.39, 0.29) is 57.1 Å². The van der Waals surface area contributed by atoms with Crippen LogP contribution in [0.15, 0.2) is 18.2 Å². The number of anilines is 2. The molecule has 2 amide bonds. The van der Waals surface area contributed by atoms with Crippen molar-refractivity contribution in [3.63, 3.8) is 0 Å². The number of benzene rings is 1. The predicted molar refractivity (Wildman–Crippen MR) is 278 cm³/mol. The first-order valence-electron chi connectivity index (χ1n) is 27.3. The first-order chi connectivity index (χ1) is 35.6. The zero-order chi connectivity index (χ0) is 56.2. The van der Waals surface area contributed by atoms with Gasteiger partial charge in [0.1, 0.15) is 41.9 Å². The highest BCUT2D eigenvalue weighted by Gasteiger charge is 2.53. The molecule has 19 atom stereocenters. The molecule has 5 fully saturated rings. The lowest BCUT2D eigenvalue weighted by Crippen LogP contribution is -2.61. The fourth-order valence-electron chi connectivity index (χ4n) is 12.0. The van der Waals surface area contributed by atoms with Gasteiger partial charge in [0.05, 0.1) is 79.2 Å². The second kappa shape index (κ2) is 25.8. The molecule has 21 nitrogen and oxygen atoms in total. The van der Waals surface area contributed by atoms with Crippen molar-refractivity contribution in [2.75, 3.05) is 83.5 Å². The summed E-state index contributed by atoms with van der Waals surface area (Å²) in [7, 11) is 5.07. The van der Waals surface area contributed by atoms with Crippen LogP contribution in [0.4, 0.5) is 20.6 Å². The quantitative estimate of drug-likeness (QED) is 0.147. The monoisotopic (exact) mass is 1080 g/mol. The molecule has 0 spiro atoms. The third-order valence-electron chi connectivity index (χ3n) is 16.8. The number of aliphatic hydroxyl groups excluding tert-OH is 3. The van der Waals surface area contributed by atoms with Crippen LogP contribution in [-0.4, -0.2) is 223 Å². The lowest BCUT2D eigenvalue weighted by atomic mass is 9.77. The average molecular weight is 1080 g/mol. The molecule has 0 aliphatic carbocycles. The number of methoxy groups -OCH3 is 1. The van der Waals surface area contributed by atoms with Gasteiger partial charge in [-0.05, 0) is 106 Å². The highest BCUT2D eigenvalue weighted by atomic mass is 19.1. The number of cyclic esters (lactones) is 2. The van der Waals surface area contributed by atoms with E-state index in [0.29, 0.717) is 50.6 Å². The Kier molecular flexibility index (Phi) is 21.0. The molecular weight excluding hydrogens is 994 g/mol. The number of aliphatic hydroxyl groups is 5. The van der Waals surface area contributed by atoms with Gasteiger partial charge in [-0.1, -0.05) is 20.8 Å². The SMILES string of the molecule is CC[C@H]1OC(=O)[C@H](C)[C@@H](O[C@H]2C[C@@](C)(OC)[C@@H](O)[C@H](C)O2)[C@H](C)[C@@H](O[C@@H]2O[C@H](C)C[C@H](N(C)CCC(=O)NC[C@H]3CN(c4ccc(N5CCOCC5)c(F)c4)C(=O)O3)[C@H]2O)[C@](C)(O)C[C@@H](C)CN(C)[C@H](C)[C@@H](O)[C@]1(C)O. The largest absolute Gasteiger partial charge is 0.459 e. The Morgan fingerprint density at radius 3 is 2.28 bits per heavy atom. The second-order valence-corrected chi connectivity index (χ2v) is 23.1. The van der Waals surface area contributed by atoms with Crippen LogP contribution in [0.1, 0.15) is 101 Å². The van der Waals surface area contributed by atoms with Crippen molar-refractivity contribution in [3.05, 3.63) is 24.0 Å². The first-order valence-corrected chi connectivity index (χ1v) is 27.3. The average Bonchev–Trinajstić information content (AvgIpc) is 3.75. The lowest BCUT2D eigenvalue weighted by Gasteiger charge is -2.49. The Bertz CT molecular complexity index is 2090. The zero-order valence-electron chi connectivity index (χ0n) is 47.1. The van der Waals surface area contributed by atoms with E-state index in [2.05, 4.69) is 5.32 Å². The van der Waals surface area contributed by atoms with Crippen LogP contribution in [-0.2, 0) is 47.5 Å². The molecule has 0 saturated carbocycles. The lowest BCUT2D eigenvalue weighted by molar-refractivity contribution is -0.318. The number of hydrogen-bond donors (Lipinski definition) is 6. The minimum absolute atomic E-state index is 0.0255. The number of halogens is 1. The number of morpholine rings is 1. The standard InChI is InChI=1S/C54H90FN5O16/c1-14-41-54(10,68)46(63)34(6)58(12)28-30(2)25-52(8,67)48(32(4)45(33(5)49(65)74-41)75-43-26-53(9,69-13)47(64)35(7)72-43)76-50-44(62)40(23-31(3)71-50)57(11)18-17-42(61)56-27-37-29-60(51(66)73-37)36-15-16-39(38(55)24-36)59-19-21-70-22-20-59/h15-16,24,30-35,37,40-41,43-48,50,62-64,67-68H,14,17-23,25-29H2,1-13H3,(H,56,61)/t30-,31-,32+,33-,34-,35+,37+,40+,41-,43+,44-,45+,46-,47+,48-,50+,52-,53-,54-/m1/s1. The van der Waals surface area contributed by atoms with E-state index >= 15 is 4.39 Å². The van der Waals surface area contributed by atoms with E-state index in [9.17, 15) is 39.9 Å². The minimum atomic E-state index is -1.87. The number of rotatable bonds is 14. The number of amides is 2. The molecule has 0 unspecified atom stereocenters. The molecule has 0 radical (unpaired) electrons. The Labute approximate surface area is 448 Å². The van der Waals surface area contributed by atoms with Crippen LogP contribution in [0, 0.1) is 23.6 Å². The summed E-state index contributed by atoms with van der Waals surface area (Å²) in [5, 5.41) is 62.5. The van der Waals surface area contributed by atoms with Crippen molar-refractivity contribution < 1.29 is 82.2 Å². The van der Waals surface area contributed by atoms with Crippen LogP contribution in [0.2, 0.25) is 0 Å². The van der Waals surface area contributed by atoms with Crippen LogP contribution in [0.25, 0.3) is 0 Å². The van der Waals surface area contributed by atoms with Crippen molar-refractivity contribution in [2.45, 2.75) is 198 Å². The van der Waals surface area contributed by atoms with Crippen LogP contribution < -0.4 is 15.1 Å². The van der Waals surface area contributed by atoms with Gasteiger partial charge in [0.15, 0.2) is 12.6 Å². The number of ether oxygens (including phenoxy) is 8. The van der Waals surface area contributed by atoms with Crippen molar-refractivity contribution in [1.82, 2.24) is 15.1 Å². The van der Waals surface area contributed by atoms with Gasteiger partial charge >= 0.3 is 12.1 Å². The van der Waals surface area contributed by atoms with Gasteiger partial charge in [0, 0.05) is 64.1 Å². The molecule has 76 heavy (non-hydrogen) atoms. The highest BCUT2D eigenvalue weighted by Crippen LogP contribution is 2.41. The molecule has 0 bridgehead atoms. The molecular formula is C54H90FN5O16. The van der Waals surface area contributed by atoms with Gasteiger partial charge in [-0.3, -0.25) is 14.5 Å². The predicted octanol–water partition coefficient (Wildman–Crippen LogP) is 2.78. The molecule has 6 rings (SSSR count). The Balaban J connectivity index is 1.18. The molecule has 6 N–H and O–H groups in total. The molecule has 22 heteroatoms. The summed E-state index contributed by atoms with van der Waals surface area (Å²) < 4.78 is 64.2. The molecule has 5 saturated heterocycles. The number of likely N-dealkylation sites (N-methyl/N-ethyl adjacent to an activating group) is 2. The molecule has 1 aromatic carbocycles. The molecule has 434 valence electrons. The van der Waals surface area contributed by atoms with E-state index in [0.717, 1.165) is 0 Å². The number of nitrogens with zero attached hydrogens (tertiary/aromatic N) is 4.